The Balaban J connectivity index is 1.58. The summed E-state index contributed by atoms with van der Waals surface area (Å²) in [5.74, 6) is 0. The fourth-order valence-corrected chi connectivity index (χ4v) is 4.46. The molecule has 0 saturated heterocycles. The Morgan fingerprint density at radius 1 is 0.737 bits per heavy atom. The van der Waals surface area contributed by atoms with E-state index in [9.17, 15) is 22.8 Å². The molecule has 2 heterocycles. The molecule has 6 nitrogen and oxygen atoms in total. The number of anilines is 3. The van der Waals surface area contributed by atoms with Crippen LogP contribution in [0, 0.1) is 0 Å². The minimum atomic E-state index is -4.62. The number of rotatable bonds is 5. The number of para-hydroxylation sites is 1. The summed E-state index contributed by atoms with van der Waals surface area (Å²) in [4.78, 5) is 35.2. The first-order valence-electron chi connectivity index (χ1n) is 12.0. The molecule has 0 fully saturated rings. The predicted molar refractivity (Wildman–Crippen MR) is 139 cm³/mol. The highest BCUT2D eigenvalue weighted by atomic mass is 19.4. The lowest BCUT2D eigenvalue weighted by Gasteiger charge is -2.27. The number of benzene rings is 3. The smallest absolute Gasteiger partial charge is 0.292 e. The molecule has 4 aromatic rings. The van der Waals surface area contributed by atoms with E-state index >= 15 is 0 Å². The molecule has 0 aliphatic carbocycles. The molecule has 0 radical (unpaired) electrons. The SMILES string of the molecule is CCN1C(=O)N(Cc2ccc(-c3ccncc3)cc2)C(=O)N(c2ccccc2)c2cc(C(F)(F)F)ccc21. The Morgan fingerprint density at radius 3 is 2.03 bits per heavy atom. The zero-order valence-corrected chi connectivity index (χ0v) is 20.4. The third kappa shape index (κ3) is 4.70. The van der Waals surface area contributed by atoms with Gasteiger partial charge in [0.1, 0.15) is 0 Å². The van der Waals surface area contributed by atoms with Crippen molar-refractivity contribution in [2.75, 3.05) is 16.3 Å². The van der Waals surface area contributed by atoms with Crippen molar-refractivity contribution in [2.45, 2.75) is 19.6 Å². The van der Waals surface area contributed by atoms with Gasteiger partial charge in [0, 0.05) is 18.9 Å². The van der Waals surface area contributed by atoms with Crippen LogP contribution < -0.4 is 9.80 Å². The van der Waals surface area contributed by atoms with Gasteiger partial charge in [0.2, 0.25) is 0 Å². The lowest BCUT2D eigenvalue weighted by molar-refractivity contribution is -0.137. The summed E-state index contributed by atoms with van der Waals surface area (Å²) in [5.41, 5.74) is 2.25. The number of fused-ring (bicyclic) bond motifs is 1. The molecule has 192 valence electrons. The first kappa shape index (κ1) is 25.0. The van der Waals surface area contributed by atoms with E-state index in [2.05, 4.69) is 4.98 Å². The lowest BCUT2D eigenvalue weighted by Crippen LogP contribution is -2.47. The summed E-state index contributed by atoms with van der Waals surface area (Å²) in [6, 6.07) is 21.2. The van der Waals surface area contributed by atoms with E-state index in [-0.39, 0.29) is 24.5 Å². The first-order valence-corrected chi connectivity index (χ1v) is 12.0. The topological polar surface area (TPSA) is 56.8 Å². The molecule has 1 aliphatic heterocycles. The van der Waals surface area contributed by atoms with Crippen molar-refractivity contribution in [3.8, 4) is 11.1 Å². The summed E-state index contributed by atoms with van der Waals surface area (Å²) in [7, 11) is 0. The maximum absolute atomic E-state index is 14.0. The standard InChI is InChI=1S/C29H23F3N4O2/c1-2-34-25-13-12-23(29(30,31)32)18-26(25)36(24-6-4-3-5-7-24)28(38)35(27(34)37)19-20-8-10-21(11-9-20)22-14-16-33-17-15-22/h3-18H,2,19H2,1H3. The van der Waals surface area contributed by atoms with Crippen molar-refractivity contribution in [3.05, 3.63) is 108 Å². The van der Waals surface area contributed by atoms with E-state index in [1.807, 2.05) is 36.4 Å². The van der Waals surface area contributed by atoms with Gasteiger partial charge in [0.25, 0.3) is 0 Å². The van der Waals surface area contributed by atoms with Crippen LogP contribution in [0.5, 0.6) is 0 Å². The monoisotopic (exact) mass is 516 g/mol. The van der Waals surface area contributed by atoms with E-state index in [4.69, 9.17) is 0 Å². The van der Waals surface area contributed by atoms with Gasteiger partial charge in [0.05, 0.1) is 29.2 Å². The lowest BCUT2D eigenvalue weighted by atomic mass is 10.1. The maximum Gasteiger partial charge on any atom is 0.416 e. The average Bonchev–Trinajstić information content (AvgIpc) is 3.01. The number of carbonyl (C=O) groups excluding carboxylic acids is 2. The quantitative estimate of drug-likeness (QED) is 0.276. The van der Waals surface area contributed by atoms with Crippen LogP contribution in [0.25, 0.3) is 11.1 Å². The van der Waals surface area contributed by atoms with Crippen molar-refractivity contribution in [1.82, 2.24) is 9.88 Å². The van der Waals surface area contributed by atoms with E-state index < -0.39 is 23.8 Å². The van der Waals surface area contributed by atoms with Gasteiger partial charge >= 0.3 is 18.2 Å². The molecule has 1 aliphatic rings. The van der Waals surface area contributed by atoms with Crippen LogP contribution in [0.4, 0.5) is 39.8 Å². The van der Waals surface area contributed by atoms with Gasteiger partial charge in [-0.3, -0.25) is 14.8 Å². The number of hydrogen-bond donors (Lipinski definition) is 0. The van der Waals surface area contributed by atoms with Crippen molar-refractivity contribution in [3.63, 3.8) is 0 Å². The van der Waals surface area contributed by atoms with Crippen molar-refractivity contribution in [2.24, 2.45) is 0 Å². The van der Waals surface area contributed by atoms with Gasteiger partial charge in [-0.15, -0.1) is 0 Å². The number of hydrogen-bond acceptors (Lipinski definition) is 3. The Morgan fingerprint density at radius 2 is 1.39 bits per heavy atom. The molecule has 38 heavy (non-hydrogen) atoms. The number of pyridine rings is 1. The molecular weight excluding hydrogens is 493 g/mol. The van der Waals surface area contributed by atoms with Crippen LogP contribution in [0.15, 0.2) is 97.3 Å². The number of carbonyl (C=O) groups is 2. The number of alkyl halides is 3. The molecule has 0 spiro atoms. The minimum absolute atomic E-state index is 0.0123. The van der Waals surface area contributed by atoms with Gasteiger partial charge in [-0.25, -0.2) is 14.5 Å². The number of amides is 4. The molecule has 4 amide bonds. The van der Waals surface area contributed by atoms with Gasteiger partial charge in [-0.05, 0) is 66.1 Å². The number of aromatic nitrogens is 1. The van der Waals surface area contributed by atoms with E-state index in [1.54, 1.807) is 49.6 Å². The summed E-state index contributed by atoms with van der Waals surface area (Å²) in [5, 5.41) is 0. The highest BCUT2D eigenvalue weighted by Gasteiger charge is 2.40. The van der Waals surface area contributed by atoms with Crippen LogP contribution in [0.2, 0.25) is 0 Å². The first-order chi connectivity index (χ1) is 18.3. The van der Waals surface area contributed by atoms with E-state index in [0.29, 0.717) is 11.3 Å². The van der Waals surface area contributed by atoms with Crippen LogP contribution in [-0.2, 0) is 12.7 Å². The molecule has 9 heteroatoms. The summed E-state index contributed by atoms with van der Waals surface area (Å²) in [6.45, 7) is 1.81. The van der Waals surface area contributed by atoms with Crippen LogP contribution >= 0.6 is 0 Å². The van der Waals surface area contributed by atoms with Gasteiger partial charge in [-0.1, -0.05) is 42.5 Å². The Labute approximate surface area is 217 Å². The summed E-state index contributed by atoms with van der Waals surface area (Å²) >= 11 is 0. The number of urea groups is 2. The van der Waals surface area contributed by atoms with Crippen LogP contribution in [0.1, 0.15) is 18.1 Å². The molecule has 5 rings (SSSR count). The Kier molecular flexibility index (Phi) is 6.59. The molecule has 0 unspecified atom stereocenters. The van der Waals surface area contributed by atoms with Crippen LogP contribution in [0.3, 0.4) is 0 Å². The Bertz CT molecular complexity index is 1460. The summed E-state index contributed by atoms with van der Waals surface area (Å²) in [6.07, 6.45) is -1.24. The molecule has 0 atom stereocenters. The normalized spacial score (nSPS) is 13.9. The van der Waals surface area contributed by atoms with Gasteiger partial charge in [0.15, 0.2) is 0 Å². The third-order valence-corrected chi connectivity index (χ3v) is 6.36. The molecule has 3 aromatic carbocycles. The molecule has 1 aromatic heterocycles. The van der Waals surface area contributed by atoms with Crippen molar-refractivity contribution in [1.29, 1.82) is 0 Å². The molecule has 0 bridgehead atoms. The second kappa shape index (κ2) is 10.0. The molecule has 0 N–H and O–H groups in total. The van der Waals surface area contributed by atoms with Gasteiger partial charge < -0.3 is 0 Å². The van der Waals surface area contributed by atoms with E-state index in [1.165, 1.54) is 15.9 Å². The third-order valence-electron chi connectivity index (χ3n) is 6.36. The Hall–Kier alpha value is -4.66. The maximum atomic E-state index is 14.0. The largest absolute Gasteiger partial charge is 0.416 e. The second-order valence-electron chi connectivity index (χ2n) is 8.70. The number of imide groups is 1. The predicted octanol–water partition coefficient (Wildman–Crippen LogP) is 7.49. The number of nitrogens with zero attached hydrogens (tertiary/aromatic N) is 4. The second-order valence-corrected chi connectivity index (χ2v) is 8.70. The fraction of sp³-hybridized carbons (Fsp3) is 0.138. The molecular formula is C29H23F3N4O2. The zero-order chi connectivity index (χ0) is 26.9. The minimum Gasteiger partial charge on any atom is -0.292 e. The zero-order valence-electron chi connectivity index (χ0n) is 20.4. The highest BCUT2D eigenvalue weighted by molar-refractivity contribution is 6.16. The number of halogens is 3. The van der Waals surface area contributed by atoms with Crippen molar-refractivity contribution >= 4 is 29.1 Å². The van der Waals surface area contributed by atoms with E-state index in [0.717, 1.165) is 28.2 Å². The fourth-order valence-electron chi connectivity index (χ4n) is 4.46. The molecule has 0 saturated carbocycles. The highest BCUT2D eigenvalue weighted by Crippen LogP contribution is 2.42. The van der Waals surface area contributed by atoms with Crippen molar-refractivity contribution < 1.29 is 22.8 Å². The van der Waals surface area contributed by atoms with Crippen LogP contribution in [-0.4, -0.2) is 28.5 Å². The van der Waals surface area contributed by atoms with Gasteiger partial charge in [-0.2, -0.15) is 13.2 Å². The summed E-state index contributed by atoms with van der Waals surface area (Å²) < 4.78 is 41.0. The average molecular weight is 517 g/mol.